The summed E-state index contributed by atoms with van der Waals surface area (Å²) in [5.74, 6) is 0.580. The average molecular weight is 410 g/mol. The van der Waals surface area contributed by atoms with E-state index in [1.165, 1.54) is 0 Å². The maximum Gasteiger partial charge on any atom is 0.469 e. The molecule has 1 fully saturated rings. The van der Waals surface area contributed by atoms with Gasteiger partial charge in [-0.25, -0.2) is 4.57 Å². The topological polar surface area (TPSA) is 129 Å². The summed E-state index contributed by atoms with van der Waals surface area (Å²) >= 11 is 0. The van der Waals surface area contributed by atoms with Crippen LogP contribution in [0.5, 0.6) is 5.75 Å². The molecule has 0 aliphatic carbocycles. The third-order valence-electron chi connectivity index (χ3n) is 4.89. The molecule has 28 heavy (non-hydrogen) atoms. The van der Waals surface area contributed by atoms with Crippen molar-refractivity contribution in [1.29, 1.82) is 5.26 Å². The average Bonchev–Trinajstić information content (AvgIpc) is 3.02. The molecule has 0 unspecified atom stereocenters. The van der Waals surface area contributed by atoms with Crippen molar-refractivity contribution in [3.8, 4) is 11.8 Å². The molecule has 3 rings (SSSR count). The summed E-state index contributed by atoms with van der Waals surface area (Å²) in [6.45, 7) is 3.83. The van der Waals surface area contributed by atoms with Crippen molar-refractivity contribution < 1.29 is 33.1 Å². The Morgan fingerprint density at radius 1 is 1.39 bits per heavy atom. The van der Waals surface area contributed by atoms with Crippen LogP contribution in [0.15, 0.2) is 18.2 Å². The molecule has 0 bridgehead atoms. The summed E-state index contributed by atoms with van der Waals surface area (Å²) in [6.07, 6.45) is 0.563. The Labute approximate surface area is 163 Å². The number of phosphoric ester groups is 1. The predicted octanol–water partition coefficient (Wildman–Crippen LogP) is 1.89. The van der Waals surface area contributed by atoms with Crippen LogP contribution >= 0.6 is 7.82 Å². The van der Waals surface area contributed by atoms with Gasteiger partial charge in [0.2, 0.25) is 5.91 Å². The molecule has 1 aromatic rings. The molecule has 10 heteroatoms. The number of amides is 1. The number of phosphoric acid groups is 1. The molecule has 2 atom stereocenters. The summed E-state index contributed by atoms with van der Waals surface area (Å²) in [6, 6.07) is 6.70. The molecule has 2 aliphatic rings. The van der Waals surface area contributed by atoms with Gasteiger partial charge in [-0.3, -0.25) is 9.32 Å². The summed E-state index contributed by atoms with van der Waals surface area (Å²) in [5.41, 5.74) is 0.313. The molecule has 0 aromatic heterocycles. The summed E-state index contributed by atoms with van der Waals surface area (Å²) in [7, 11) is -4.59. The van der Waals surface area contributed by atoms with E-state index >= 15 is 0 Å². The first-order valence-electron chi connectivity index (χ1n) is 8.96. The molecule has 1 saturated heterocycles. The summed E-state index contributed by atoms with van der Waals surface area (Å²) in [5, 5.41) is 9.27. The van der Waals surface area contributed by atoms with Gasteiger partial charge in [-0.05, 0) is 38.5 Å². The fourth-order valence-electron chi connectivity index (χ4n) is 3.74. The van der Waals surface area contributed by atoms with Crippen LogP contribution in [0.1, 0.15) is 43.9 Å². The maximum atomic E-state index is 12.5. The van der Waals surface area contributed by atoms with Gasteiger partial charge in [-0.2, -0.15) is 5.26 Å². The van der Waals surface area contributed by atoms with E-state index in [1.54, 1.807) is 23.1 Å². The molecule has 0 radical (unpaired) electrons. The van der Waals surface area contributed by atoms with Gasteiger partial charge in [-0.15, -0.1) is 0 Å². The van der Waals surface area contributed by atoms with Crippen molar-refractivity contribution in [2.24, 2.45) is 0 Å². The Morgan fingerprint density at radius 3 is 2.75 bits per heavy atom. The van der Waals surface area contributed by atoms with Crippen LogP contribution in [0.25, 0.3) is 0 Å². The number of hydrogen-bond donors (Lipinski definition) is 2. The highest BCUT2D eigenvalue weighted by molar-refractivity contribution is 7.46. The summed E-state index contributed by atoms with van der Waals surface area (Å²) < 4.78 is 27.3. The molecular formula is C18H23N2O7P. The smallest absolute Gasteiger partial charge is 0.469 e. The molecule has 1 aromatic carbocycles. The van der Waals surface area contributed by atoms with Gasteiger partial charge in [0.05, 0.1) is 30.9 Å². The second kappa shape index (κ2) is 7.82. The SMILES string of the molecule is CC1(C)Oc2ccc(C#N)cc2[C@H](N2CCCC2=O)[C@H]1OCCOP(=O)(O)O. The van der Waals surface area contributed by atoms with E-state index in [1.807, 2.05) is 13.8 Å². The molecule has 1 amide bonds. The molecule has 2 aliphatic heterocycles. The van der Waals surface area contributed by atoms with Crippen LogP contribution in [-0.2, 0) is 18.6 Å². The highest BCUT2D eigenvalue weighted by Gasteiger charge is 2.49. The third kappa shape index (κ3) is 4.37. The third-order valence-corrected chi connectivity index (χ3v) is 5.41. The largest absolute Gasteiger partial charge is 0.485 e. The second-order valence-electron chi connectivity index (χ2n) is 7.32. The molecular weight excluding hydrogens is 387 g/mol. The van der Waals surface area contributed by atoms with E-state index in [0.29, 0.717) is 29.8 Å². The Morgan fingerprint density at radius 2 is 2.14 bits per heavy atom. The minimum absolute atomic E-state index is 0.00363. The number of rotatable bonds is 6. The van der Waals surface area contributed by atoms with Gasteiger partial charge in [0.1, 0.15) is 17.5 Å². The van der Waals surface area contributed by atoms with E-state index < -0.39 is 25.6 Å². The first-order chi connectivity index (χ1) is 13.1. The van der Waals surface area contributed by atoms with Crippen molar-refractivity contribution in [3.05, 3.63) is 29.3 Å². The zero-order valence-corrected chi connectivity index (χ0v) is 16.6. The van der Waals surface area contributed by atoms with Crippen LogP contribution < -0.4 is 4.74 Å². The van der Waals surface area contributed by atoms with Crippen LogP contribution in [0.3, 0.4) is 0 Å². The van der Waals surface area contributed by atoms with Gasteiger partial charge in [0.25, 0.3) is 0 Å². The lowest BCUT2D eigenvalue weighted by Gasteiger charge is -2.47. The Balaban J connectivity index is 1.93. The number of ether oxygens (including phenoxy) is 2. The molecule has 0 spiro atoms. The Hall–Kier alpha value is -1.95. The Kier molecular flexibility index (Phi) is 5.80. The minimum Gasteiger partial charge on any atom is -0.485 e. The number of carbonyl (C=O) groups excluding carboxylic acids is 1. The van der Waals surface area contributed by atoms with Crippen LogP contribution in [0, 0.1) is 11.3 Å². The molecule has 2 N–H and O–H groups in total. The van der Waals surface area contributed by atoms with Crippen molar-refractivity contribution in [3.63, 3.8) is 0 Å². The number of fused-ring (bicyclic) bond motifs is 1. The normalized spacial score (nSPS) is 23.8. The summed E-state index contributed by atoms with van der Waals surface area (Å²) in [4.78, 5) is 31.9. The van der Waals surface area contributed by atoms with Crippen molar-refractivity contribution in [2.75, 3.05) is 19.8 Å². The fourth-order valence-corrected chi connectivity index (χ4v) is 4.06. The van der Waals surface area contributed by atoms with E-state index in [-0.39, 0.29) is 19.1 Å². The number of hydrogen-bond acceptors (Lipinski definition) is 6. The monoisotopic (exact) mass is 410 g/mol. The lowest BCUT2D eigenvalue weighted by molar-refractivity contribution is -0.149. The molecule has 2 heterocycles. The number of nitrogens with zero attached hydrogens (tertiary/aromatic N) is 2. The van der Waals surface area contributed by atoms with Crippen molar-refractivity contribution in [2.45, 2.75) is 44.4 Å². The van der Waals surface area contributed by atoms with Crippen LogP contribution in [0.4, 0.5) is 0 Å². The van der Waals surface area contributed by atoms with Gasteiger partial charge in [-0.1, -0.05) is 0 Å². The standard InChI is InChI=1S/C18H23N2O7P/c1-18(2)17(25-8-9-26-28(22,23)24)16(20-7-3-4-15(20)21)13-10-12(11-19)5-6-14(13)27-18/h5-6,10,16-17H,3-4,7-9H2,1-2H3,(H2,22,23,24)/t16-,17+/m0/s1. The maximum absolute atomic E-state index is 12.5. The predicted molar refractivity (Wildman–Crippen MR) is 97.3 cm³/mol. The molecule has 152 valence electrons. The number of carbonyl (C=O) groups is 1. The molecule has 0 saturated carbocycles. The van der Waals surface area contributed by atoms with Gasteiger partial charge in [0, 0.05) is 18.5 Å². The van der Waals surface area contributed by atoms with Gasteiger partial charge < -0.3 is 24.2 Å². The number of benzene rings is 1. The van der Waals surface area contributed by atoms with Crippen LogP contribution in [0.2, 0.25) is 0 Å². The fraction of sp³-hybridized carbons (Fsp3) is 0.556. The first-order valence-corrected chi connectivity index (χ1v) is 10.5. The minimum atomic E-state index is -4.59. The highest BCUT2D eigenvalue weighted by atomic mass is 31.2. The van der Waals surface area contributed by atoms with Crippen LogP contribution in [-0.4, -0.2) is 52.1 Å². The molecule has 9 nitrogen and oxygen atoms in total. The zero-order chi connectivity index (χ0) is 20.5. The quantitative estimate of drug-likeness (QED) is 0.537. The number of nitriles is 1. The van der Waals surface area contributed by atoms with Gasteiger partial charge >= 0.3 is 7.82 Å². The van der Waals surface area contributed by atoms with E-state index in [0.717, 1.165) is 6.42 Å². The number of likely N-dealkylation sites (tertiary alicyclic amines) is 1. The van der Waals surface area contributed by atoms with E-state index in [9.17, 15) is 14.6 Å². The lowest BCUT2D eigenvalue weighted by Crippen LogP contribution is -2.55. The van der Waals surface area contributed by atoms with E-state index in [4.69, 9.17) is 19.3 Å². The highest BCUT2D eigenvalue weighted by Crippen LogP contribution is 2.46. The van der Waals surface area contributed by atoms with Gasteiger partial charge in [0.15, 0.2) is 0 Å². The lowest BCUT2D eigenvalue weighted by atomic mass is 9.84. The Bertz CT molecular complexity index is 845. The zero-order valence-electron chi connectivity index (χ0n) is 15.7. The van der Waals surface area contributed by atoms with E-state index in [2.05, 4.69) is 10.6 Å². The van der Waals surface area contributed by atoms with Crippen molar-refractivity contribution in [1.82, 2.24) is 4.90 Å². The first kappa shape index (κ1) is 20.8. The second-order valence-corrected chi connectivity index (χ2v) is 8.56. The van der Waals surface area contributed by atoms with Crippen molar-refractivity contribution >= 4 is 13.7 Å².